The molecule has 2 saturated heterocycles. The Morgan fingerprint density at radius 1 is 0.854 bits per heavy atom. The van der Waals surface area contributed by atoms with Crippen LogP contribution in [0, 0.1) is 0 Å². The molecule has 41 heavy (non-hydrogen) atoms. The third-order valence-corrected chi connectivity index (χ3v) is 9.05. The van der Waals surface area contributed by atoms with E-state index in [1.54, 1.807) is 14.1 Å². The number of nitrogens with zero attached hydrogens (tertiary/aromatic N) is 2. The van der Waals surface area contributed by atoms with Gasteiger partial charge in [0.1, 0.15) is 31.3 Å². The minimum Gasteiger partial charge on any atom is -0.465 e. The number of esters is 2. The summed E-state index contributed by atoms with van der Waals surface area (Å²) in [6.45, 7) is 2.28. The minimum absolute atomic E-state index is 0.00958. The molecule has 0 bridgehead atoms. The lowest BCUT2D eigenvalue weighted by atomic mass is 10.1. The van der Waals surface area contributed by atoms with Crippen molar-refractivity contribution in [3.8, 4) is 11.5 Å². The van der Waals surface area contributed by atoms with Crippen LogP contribution < -0.4 is 0 Å². The number of rotatable bonds is 10. The highest BCUT2D eigenvalue weighted by molar-refractivity contribution is 8.27. The Morgan fingerprint density at radius 2 is 1.34 bits per heavy atom. The van der Waals surface area contributed by atoms with Crippen LogP contribution in [0.1, 0.15) is 64.8 Å². The van der Waals surface area contributed by atoms with Crippen LogP contribution in [0.15, 0.2) is 30.8 Å². The monoisotopic (exact) mass is 634 g/mol. The molecule has 4 rings (SSSR count). The average Bonchev–Trinajstić information content (AvgIpc) is 3.68. The first-order valence-electron chi connectivity index (χ1n) is 12.5. The molecule has 4 heterocycles. The van der Waals surface area contributed by atoms with Crippen molar-refractivity contribution in [1.29, 1.82) is 0 Å². The number of hydrogen-bond acceptors (Lipinski definition) is 12. The summed E-state index contributed by atoms with van der Waals surface area (Å²) in [5, 5.41) is 0. The molecule has 2 aromatic heterocycles. The highest BCUT2D eigenvalue weighted by atomic mass is 32.2. The van der Waals surface area contributed by atoms with Gasteiger partial charge in [0.2, 0.25) is 0 Å². The molecule has 2 amide bonds. The van der Waals surface area contributed by atoms with Gasteiger partial charge in [0.05, 0.1) is 23.5 Å². The first-order valence-corrected chi connectivity index (χ1v) is 15.0. The van der Waals surface area contributed by atoms with E-state index in [2.05, 4.69) is 6.92 Å². The number of methoxy groups -OCH3 is 1. The van der Waals surface area contributed by atoms with Crippen LogP contribution in [0.25, 0.3) is 23.7 Å². The summed E-state index contributed by atoms with van der Waals surface area (Å²) in [6.07, 6.45) is 6.55. The van der Waals surface area contributed by atoms with Gasteiger partial charge in [0.15, 0.2) is 11.5 Å². The first kappa shape index (κ1) is 30.8. The predicted octanol–water partition coefficient (Wildman–Crippen LogP) is 5.73. The van der Waals surface area contributed by atoms with Crippen molar-refractivity contribution in [1.82, 2.24) is 9.80 Å². The van der Waals surface area contributed by atoms with Gasteiger partial charge in [-0.25, -0.2) is 9.59 Å². The molecule has 2 aromatic rings. The van der Waals surface area contributed by atoms with Gasteiger partial charge in [-0.2, -0.15) is 0 Å². The Hall–Kier alpha value is -3.20. The van der Waals surface area contributed by atoms with E-state index in [-0.39, 0.29) is 52.6 Å². The third kappa shape index (κ3) is 6.66. The summed E-state index contributed by atoms with van der Waals surface area (Å²) in [4.78, 5) is 54.2. The van der Waals surface area contributed by atoms with Crippen molar-refractivity contribution in [2.24, 2.45) is 0 Å². The number of amides is 2. The van der Waals surface area contributed by atoms with E-state index < -0.39 is 11.9 Å². The molecule has 0 spiro atoms. The highest BCUT2D eigenvalue weighted by Gasteiger charge is 2.33. The topological polar surface area (TPSA) is 119 Å². The molecular weight excluding hydrogens is 609 g/mol. The SMILES string of the molecule is CCCCCCOC(=O)c1cc(/C=C2\SC(=S)N(C)C2=O)oc1-c1oc(/C=C2\SC(=S)N(C)C2=O)cc1C(=O)OC. The molecular formula is C27H26N2O8S4. The number of ether oxygens (including phenoxy) is 2. The molecule has 0 atom stereocenters. The summed E-state index contributed by atoms with van der Waals surface area (Å²) in [5.74, 6) is -2.00. The Bertz CT molecular complexity index is 1500. The maximum atomic E-state index is 13.2. The van der Waals surface area contributed by atoms with E-state index in [0.717, 1.165) is 42.8 Å². The van der Waals surface area contributed by atoms with Gasteiger partial charge in [0.25, 0.3) is 11.8 Å². The minimum atomic E-state index is -0.755. The molecule has 0 radical (unpaired) electrons. The van der Waals surface area contributed by atoms with Crippen LogP contribution in [0.2, 0.25) is 0 Å². The van der Waals surface area contributed by atoms with Crippen molar-refractivity contribution in [3.63, 3.8) is 0 Å². The van der Waals surface area contributed by atoms with E-state index >= 15 is 0 Å². The Kier molecular flexibility index (Phi) is 9.89. The maximum absolute atomic E-state index is 13.2. The first-order chi connectivity index (χ1) is 19.5. The van der Waals surface area contributed by atoms with Crippen LogP contribution in [0.4, 0.5) is 0 Å². The van der Waals surface area contributed by atoms with Crippen LogP contribution >= 0.6 is 48.0 Å². The molecule has 10 nitrogen and oxygen atoms in total. The van der Waals surface area contributed by atoms with E-state index in [0.29, 0.717) is 24.9 Å². The molecule has 0 aliphatic carbocycles. The zero-order valence-corrected chi connectivity index (χ0v) is 25.9. The zero-order valence-electron chi connectivity index (χ0n) is 22.6. The molecule has 0 N–H and O–H groups in total. The Balaban J connectivity index is 1.77. The molecule has 14 heteroatoms. The molecule has 0 saturated carbocycles. The highest BCUT2D eigenvalue weighted by Crippen LogP contribution is 2.38. The second-order valence-corrected chi connectivity index (χ2v) is 12.3. The van der Waals surface area contributed by atoms with Gasteiger partial charge >= 0.3 is 11.9 Å². The van der Waals surface area contributed by atoms with Crippen molar-refractivity contribution in [2.75, 3.05) is 27.8 Å². The van der Waals surface area contributed by atoms with E-state index in [1.165, 1.54) is 41.2 Å². The molecule has 216 valence electrons. The van der Waals surface area contributed by atoms with Crippen LogP contribution in [-0.2, 0) is 19.1 Å². The lowest BCUT2D eigenvalue weighted by Gasteiger charge is -2.05. The van der Waals surface area contributed by atoms with Crippen LogP contribution in [0.5, 0.6) is 0 Å². The third-order valence-electron chi connectivity index (χ3n) is 6.08. The van der Waals surface area contributed by atoms with E-state index in [1.807, 2.05) is 0 Å². The van der Waals surface area contributed by atoms with Gasteiger partial charge in [0, 0.05) is 26.2 Å². The summed E-state index contributed by atoms with van der Waals surface area (Å²) < 4.78 is 23.1. The summed E-state index contributed by atoms with van der Waals surface area (Å²) in [7, 11) is 4.32. The lowest BCUT2D eigenvalue weighted by molar-refractivity contribution is -0.122. The maximum Gasteiger partial charge on any atom is 0.342 e. The van der Waals surface area contributed by atoms with Crippen molar-refractivity contribution >= 4 is 92.5 Å². The normalized spacial score (nSPS) is 17.5. The standard InChI is InChI=1S/C27H26N2O8S4/c1-5-6-7-8-9-35-25(33)17-11-15(13-19-23(31)29(3)27(39)41-19)37-21(17)20-16(24(32)34-4)10-14(36-20)12-18-22(30)28(2)26(38)40-18/h10-13H,5-9H2,1-4H3/b18-12-,19-13-. The number of carbonyl (C=O) groups is 4. The second kappa shape index (κ2) is 13.2. The predicted molar refractivity (Wildman–Crippen MR) is 164 cm³/mol. The quantitative estimate of drug-likeness (QED) is 0.137. The van der Waals surface area contributed by atoms with Crippen molar-refractivity contribution in [3.05, 3.63) is 44.6 Å². The fraction of sp³-hybridized carbons (Fsp3) is 0.333. The van der Waals surface area contributed by atoms with Crippen LogP contribution in [0.3, 0.4) is 0 Å². The molecule has 2 fully saturated rings. The van der Waals surface area contributed by atoms with E-state index in [9.17, 15) is 19.2 Å². The number of carbonyl (C=O) groups excluding carboxylic acids is 4. The second-order valence-electron chi connectivity index (χ2n) is 8.95. The van der Waals surface area contributed by atoms with Gasteiger partial charge in [-0.15, -0.1) is 0 Å². The molecule has 2 aliphatic rings. The summed E-state index contributed by atoms with van der Waals surface area (Å²) >= 11 is 12.6. The number of thiocarbonyl (C=S) groups is 2. The number of thioether (sulfide) groups is 2. The number of hydrogen-bond donors (Lipinski definition) is 0. The lowest BCUT2D eigenvalue weighted by Crippen LogP contribution is -2.22. The fourth-order valence-corrected chi connectivity index (χ4v) is 6.15. The molecule has 0 aromatic carbocycles. The van der Waals surface area contributed by atoms with Gasteiger partial charge in [-0.05, 0) is 18.6 Å². The fourth-order valence-electron chi connectivity index (χ4n) is 3.83. The van der Waals surface area contributed by atoms with E-state index in [4.69, 9.17) is 42.7 Å². The van der Waals surface area contributed by atoms with Crippen LogP contribution in [-0.4, -0.2) is 70.0 Å². The number of furan rings is 2. The summed E-state index contributed by atoms with van der Waals surface area (Å²) in [5.41, 5.74) is -0.0480. The largest absolute Gasteiger partial charge is 0.465 e. The van der Waals surface area contributed by atoms with Crippen molar-refractivity contribution < 1.29 is 37.5 Å². The molecule has 2 aliphatic heterocycles. The van der Waals surface area contributed by atoms with Gasteiger partial charge < -0.3 is 18.3 Å². The van der Waals surface area contributed by atoms with Gasteiger partial charge in [-0.3, -0.25) is 19.4 Å². The average molecular weight is 635 g/mol. The zero-order chi connectivity index (χ0) is 29.8. The Labute approximate surface area is 255 Å². The Morgan fingerprint density at radius 3 is 1.76 bits per heavy atom. The smallest absolute Gasteiger partial charge is 0.342 e. The molecule has 0 unspecified atom stereocenters. The van der Waals surface area contributed by atoms with Crippen molar-refractivity contribution in [2.45, 2.75) is 32.6 Å². The van der Waals surface area contributed by atoms with Gasteiger partial charge in [-0.1, -0.05) is 74.1 Å². The number of unbranched alkanes of at least 4 members (excludes halogenated alkanes) is 3. The summed E-state index contributed by atoms with van der Waals surface area (Å²) in [6, 6.07) is 2.80. The number of likely N-dealkylation sites (N-methyl/N-ethyl adjacent to an activating group) is 2.